The summed E-state index contributed by atoms with van der Waals surface area (Å²) in [5.41, 5.74) is 1.87. The van der Waals surface area contributed by atoms with Crippen LogP contribution in [0.1, 0.15) is 31.4 Å². The molecule has 118 valence electrons. The van der Waals surface area contributed by atoms with Gasteiger partial charge in [0.2, 0.25) is 0 Å². The van der Waals surface area contributed by atoms with E-state index in [0.29, 0.717) is 6.61 Å². The molecule has 1 aromatic carbocycles. The van der Waals surface area contributed by atoms with Gasteiger partial charge < -0.3 is 24.6 Å². The first-order chi connectivity index (χ1) is 10.2. The third kappa shape index (κ3) is 3.87. The van der Waals surface area contributed by atoms with E-state index in [-0.39, 0.29) is 12.7 Å². The van der Waals surface area contributed by atoms with Crippen LogP contribution >= 0.6 is 0 Å². The largest absolute Gasteiger partial charge is 0.496 e. The summed E-state index contributed by atoms with van der Waals surface area (Å²) < 4.78 is 11.0. The lowest BCUT2D eigenvalue weighted by Gasteiger charge is -2.35. The summed E-state index contributed by atoms with van der Waals surface area (Å²) in [5, 5.41) is 18.9. The van der Waals surface area contributed by atoms with Gasteiger partial charge >= 0.3 is 0 Å². The van der Waals surface area contributed by atoms with Crippen LogP contribution in [0.3, 0.4) is 0 Å². The molecule has 1 unspecified atom stereocenters. The molecular formula is C16H25NO4. The van der Waals surface area contributed by atoms with E-state index in [1.54, 1.807) is 14.0 Å². The smallest absolute Gasteiger partial charge is 0.126 e. The second-order valence-electron chi connectivity index (χ2n) is 5.35. The van der Waals surface area contributed by atoms with Crippen molar-refractivity contribution in [1.29, 1.82) is 0 Å². The van der Waals surface area contributed by atoms with Gasteiger partial charge in [-0.3, -0.25) is 0 Å². The van der Waals surface area contributed by atoms with E-state index in [1.807, 2.05) is 18.2 Å². The summed E-state index contributed by atoms with van der Waals surface area (Å²) in [6, 6.07) is 5.86. The zero-order valence-electron chi connectivity index (χ0n) is 12.8. The second kappa shape index (κ2) is 7.64. The molecule has 0 spiro atoms. The van der Waals surface area contributed by atoms with Crippen LogP contribution in [0.2, 0.25) is 0 Å². The molecule has 21 heavy (non-hydrogen) atoms. The molecule has 1 fully saturated rings. The third-order valence-electron chi connectivity index (χ3n) is 3.91. The summed E-state index contributed by atoms with van der Waals surface area (Å²) in [6.07, 6.45) is 1.50. The number of methoxy groups -OCH3 is 1. The fraction of sp³-hybridized carbons (Fsp3) is 0.625. The van der Waals surface area contributed by atoms with Gasteiger partial charge in [0.15, 0.2) is 0 Å². The van der Waals surface area contributed by atoms with Crippen LogP contribution in [0.5, 0.6) is 5.75 Å². The van der Waals surface area contributed by atoms with Gasteiger partial charge in [-0.2, -0.15) is 0 Å². The number of rotatable bonds is 6. The lowest BCUT2D eigenvalue weighted by atomic mass is 10.0. The molecule has 2 rings (SSSR count). The first kappa shape index (κ1) is 16.1. The van der Waals surface area contributed by atoms with Crippen LogP contribution in [0.15, 0.2) is 18.2 Å². The molecule has 1 saturated heterocycles. The Hall–Kier alpha value is -1.30. The van der Waals surface area contributed by atoms with Crippen LogP contribution < -0.4 is 9.64 Å². The average Bonchev–Trinajstić information content (AvgIpc) is 2.52. The Kier molecular flexibility index (Phi) is 5.85. The van der Waals surface area contributed by atoms with Crippen molar-refractivity contribution >= 4 is 5.69 Å². The summed E-state index contributed by atoms with van der Waals surface area (Å²) in [5.74, 6) is 0.723. The number of piperidine rings is 1. The molecule has 0 saturated carbocycles. The lowest BCUT2D eigenvalue weighted by molar-refractivity contribution is 0.0158. The van der Waals surface area contributed by atoms with E-state index >= 15 is 0 Å². The summed E-state index contributed by atoms with van der Waals surface area (Å²) in [7, 11) is 1.62. The molecule has 0 radical (unpaired) electrons. The average molecular weight is 295 g/mol. The summed E-state index contributed by atoms with van der Waals surface area (Å²) >= 11 is 0. The van der Waals surface area contributed by atoms with Crippen molar-refractivity contribution in [3.8, 4) is 5.75 Å². The zero-order chi connectivity index (χ0) is 15.2. The van der Waals surface area contributed by atoms with Crippen molar-refractivity contribution in [3.63, 3.8) is 0 Å². The molecule has 0 aromatic heterocycles. The molecule has 1 atom stereocenters. The normalized spacial score (nSPS) is 17.8. The van der Waals surface area contributed by atoms with Gasteiger partial charge in [0.05, 0.1) is 32.5 Å². The van der Waals surface area contributed by atoms with Crippen LogP contribution in [0, 0.1) is 0 Å². The van der Waals surface area contributed by atoms with Crippen molar-refractivity contribution in [2.75, 3.05) is 38.3 Å². The number of hydrogen-bond donors (Lipinski definition) is 2. The number of benzene rings is 1. The number of aliphatic hydroxyl groups excluding tert-OH is 2. The van der Waals surface area contributed by atoms with Gasteiger partial charge in [-0.05, 0) is 31.9 Å². The highest BCUT2D eigenvalue weighted by Gasteiger charge is 2.24. The zero-order valence-corrected chi connectivity index (χ0v) is 12.8. The Labute approximate surface area is 126 Å². The van der Waals surface area contributed by atoms with Gasteiger partial charge in [-0.1, -0.05) is 6.07 Å². The number of nitrogens with zero attached hydrogens (tertiary/aromatic N) is 1. The lowest BCUT2D eigenvalue weighted by Crippen LogP contribution is -2.38. The monoisotopic (exact) mass is 295 g/mol. The predicted molar refractivity (Wildman–Crippen MR) is 81.9 cm³/mol. The highest BCUT2D eigenvalue weighted by atomic mass is 16.5. The van der Waals surface area contributed by atoms with Crippen molar-refractivity contribution in [2.24, 2.45) is 0 Å². The molecule has 1 aliphatic rings. The second-order valence-corrected chi connectivity index (χ2v) is 5.35. The molecule has 2 N–H and O–H groups in total. The van der Waals surface area contributed by atoms with E-state index in [4.69, 9.17) is 14.6 Å². The maximum absolute atomic E-state index is 10.1. The highest BCUT2D eigenvalue weighted by Crippen LogP contribution is 2.35. The molecule has 0 bridgehead atoms. The van der Waals surface area contributed by atoms with Gasteiger partial charge in [0.1, 0.15) is 5.75 Å². The molecule has 1 heterocycles. The summed E-state index contributed by atoms with van der Waals surface area (Å²) in [6.45, 7) is 4.00. The van der Waals surface area contributed by atoms with Crippen LogP contribution in [0.4, 0.5) is 5.69 Å². The van der Waals surface area contributed by atoms with E-state index < -0.39 is 6.10 Å². The molecule has 5 heteroatoms. The van der Waals surface area contributed by atoms with Crippen LogP contribution in [-0.4, -0.2) is 49.7 Å². The van der Waals surface area contributed by atoms with E-state index in [9.17, 15) is 5.11 Å². The topological polar surface area (TPSA) is 62.2 Å². The molecule has 0 aliphatic carbocycles. The maximum Gasteiger partial charge on any atom is 0.126 e. The Morgan fingerprint density at radius 3 is 2.62 bits per heavy atom. The molecule has 1 aliphatic heterocycles. The van der Waals surface area contributed by atoms with E-state index in [0.717, 1.165) is 42.9 Å². The minimum atomic E-state index is -0.570. The SMILES string of the molecule is COc1cccc(N2CCC(OCCO)CC2)c1C(C)O. The quantitative estimate of drug-likeness (QED) is 0.837. The standard InChI is InChI=1S/C16H25NO4/c1-12(19)16-14(4-3-5-15(16)20-2)17-8-6-13(7-9-17)21-11-10-18/h3-5,12-13,18-19H,6-11H2,1-2H3. The van der Waals surface area contributed by atoms with Gasteiger partial charge in [0.25, 0.3) is 0 Å². The first-order valence-corrected chi connectivity index (χ1v) is 7.49. The molecule has 5 nitrogen and oxygen atoms in total. The Balaban J connectivity index is 2.09. The molecule has 0 amide bonds. The van der Waals surface area contributed by atoms with Crippen molar-refractivity contribution in [3.05, 3.63) is 23.8 Å². The minimum absolute atomic E-state index is 0.0717. The predicted octanol–water partition coefficient (Wildman–Crippen LogP) is 1.73. The number of ether oxygens (including phenoxy) is 2. The Morgan fingerprint density at radius 1 is 1.33 bits per heavy atom. The first-order valence-electron chi connectivity index (χ1n) is 7.49. The van der Waals surface area contributed by atoms with Crippen LogP contribution in [-0.2, 0) is 4.74 Å². The fourth-order valence-corrected chi connectivity index (χ4v) is 2.89. The third-order valence-corrected chi connectivity index (χ3v) is 3.91. The van der Waals surface area contributed by atoms with Crippen LogP contribution in [0.25, 0.3) is 0 Å². The van der Waals surface area contributed by atoms with Crippen molar-refractivity contribution in [1.82, 2.24) is 0 Å². The maximum atomic E-state index is 10.1. The van der Waals surface area contributed by atoms with Crippen molar-refractivity contribution in [2.45, 2.75) is 32.0 Å². The van der Waals surface area contributed by atoms with Gasteiger partial charge in [-0.25, -0.2) is 0 Å². The minimum Gasteiger partial charge on any atom is -0.496 e. The molecule has 1 aromatic rings. The number of aliphatic hydroxyl groups is 2. The highest BCUT2D eigenvalue weighted by molar-refractivity contribution is 5.60. The Bertz CT molecular complexity index is 442. The number of hydrogen-bond acceptors (Lipinski definition) is 5. The van der Waals surface area contributed by atoms with Gasteiger partial charge in [0, 0.05) is 24.3 Å². The van der Waals surface area contributed by atoms with E-state index in [2.05, 4.69) is 4.90 Å². The summed E-state index contributed by atoms with van der Waals surface area (Å²) in [4.78, 5) is 2.27. The van der Waals surface area contributed by atoms with E-state index in [1.165, 1.54) is 0 Å². The fourth-order valence-electron chi connectivity index (χ4n) is 2.89. The van der Waals surface area contributed by atoms with Crippen molar-refractivity contribution < 1.29 is 19.7 Å². The van der Waals surface area contributed by atoms with Gasteiger partial charge in [-0.15, -0.1) is 0 Å². The molecular weight excluding hydrogens is 270 g/mol. The number of anilines is 1. The Morgan fingerprint density at radius 2 is 2.05 bits per heavy atom.